The van der Waals surface area contributed by atoms with Crippen LogP contribution in [-0.2, 0) is 7.05 Å². The first-order valence-corrected chi connectivity index (χ1v) is 5.37. The minimum Gasteiger partial charge on any atom is -0.335 e. The average molecular weight is 246 g/mol. The number of aryl methyl sites for hydroxylation is 1. The minimum atomic E-state index is 0.221. The fourth-order valence-corrected chi connectivity index (χ4v) is 1.92. The normalized spacial score (nSPS) is 10.9. The van der Waals surface area contributed by atoms with E-state index >= 15 is 0 Å². The first kappa shape index (κ1) is 10.2. The molecule has 0 amide bonds. The molecule has 0 saturated carbocycles. The van der Waals surface area contributed by atoms with Gasteiger partial charge in [0.2, 0.25) is 5.28 Å². The summed E-state index contributed by atoms with van der Waals surface area (Å²) in [6, 6.07) is 1.95. The average Bonchev–Trinajstić information content (AvgIpc) is 2.72. The van der Waals surface area contributed by atoms with Crippen molar-refractivity contribution in [3.8, 4) is 11.3 Å². The smallest absolute Gasteiger partial charge is 0.224 e. The highest BCUT2D eigenvalue weighted by molar-refractivity contribution is 6.28. The van der Waals surface area contributed by atoms with Gasteiger partial charge in [-0.15, -0.1) is 0 Å². The number of aromatic nitrogens is 5. The van der Waals surface area contributed by atoms with Gasteiger partial charge in [0.25, 0.3) is 0 Å². The molecule has 3 aromatic heterocycles. The Bertz CT molecular complexity index is 677. The summed E-state index contributed by atoms with van der Waals surface area (Å²) in [6.07, 6.45) is 6.81. The zero-order valence-corrected chi connectivity index (χ0v) is 9.76. The van der Waals surface area contributed by atoms with E-state index in [-0.39, 0.29) is 5.28 Å². The van der Waals surface area contributed by atoms with Gasteiger partial charge in [-0.05, 0) is 17.7 Å². The van der Waals surface area contributed by atoms with Crippen molar-refractivity contribution in [1.29, 1.82) is 0 Å². The summed E-state index contributed by atoms with van der Waals surface area (Å²) in [6.45, 7) is 0. The van der Waals surface area contributed by atoms with Crippen LogP contribution in [0.3, 0.4) is 0 Å². The van der Waals surface area contributed by atoms with Gasteiger partial charge in [0.1, 0.15) is 12.0 Å². The second-order valence-corrected chi connectivity index (χ2v) is 3.97. The zero-order valence-electron chi connectivity index (χ0n) is 9.00. The molecule has 0 radical (unpaired) electrons. The van der Waals surface area contributed by atoms with E-state index in [0.29, 0.717) is 0 Å². The highest BCUT2D eigenvalue weighted by Gasteiger charge is 2.11. The minimum absolute atomic E-state index is 0.221. The van der Waals surface area contributed by atoms with Gasteiger partial charge in [0, 0.05) is 36.6 Å². The van der Waals surface area contributed by atoms with Crippen molar-refractivity contribution >= 4 is 22.6 Å². The van der Waals surface area contributed by atoms with Gasteiger partial charge in [-0.3, -0.25) is 0 Å². The van der Waals surface area contributed by atoms with Crippen molar-refractivity contribution < 1.29 is 0 Å². The van der Waals surface area contributed by atoms with Gasteiger partial charge in [0.05, 0.1) is 5.69 Å². The molecule has 6 heteroatoms. The molecular weight excluding hydrogens is 238 g/mol. The van der Waals surface area contributed by atoms with Crippen LogP contribution in [0.4, 0.5) is 0 Å². The molecule has 3 rings (SSSR count). The molecule has 0 saturated heterocycles. The number of nitrogens with zero attached hydrogens (tertiary/aromatic N) is 5. The molecule has 0 aliphatic heterocycles. The molecule has 0 atom stereocenters. The number of hydrogen-bond donors (Lipinski definition) is 0. The van der Waals surface area contributed by atoms with E-state index in [0.717, 1.165) is 22.3 Å². The van der Waals surface area contributed by atoms with Crippen LogP contribution >= 0.6 is 11.6 Å². The van der Waals surface area contributed by atoms with Crippen LogP contribution in [0.2, 0.25) is 5.28 Å². The van der Waals surface area contributed by atoms with Gasteiger partial charge in [-0.25, -0.2) is 15.0 Å². The summed E-state index contributed by atoms with van der Waals surface area (Å²) in [5.74, 6) is 0. The molecule has 0 aliphatic carbocycles. The third-order valence-corrected chi connectivity index (χ3v) is 2.70. The third-order valence-electron chi connectivity index (χ3n) is 2.53. The fraction of sp³-hybridized carbons (Fsp3) is 0.0909. The van der Waals surface area contributed by atoms with Gasteiger partial charge in [0.15, 0.2) is 0 Å². The summed E-state index contributed by atoms with van der Waals surface area (Å²) in [7, 11) is 1.91. The lowest BCUT2D eigenvalue weighted by Gasteiger charge is -2.03. The van der Waals surface area contributed by atoms with Crippen molar-refractivity contribution in [2.45, 2.75) is 0 Å². The Labute approximate surface area is 102 Å². The molecule has 17 heavy (non-hydrogen) atoms. The summed E-state index contributed by atoms with van der Waals surface area (Å²) >= 11 is 5.93. The van der Waals surface area contributed by atoms with Crippen LogP contribution < -0.4 is 0 Å². The Morgan fingerprint density at radius 2 is 1.94 bits per heavy atom. The van der Waals surface area contributed by atoms with Gasteiger partial charge < -0.3 is 4.57 Å². The number of rotatable bonds is 1. The van der Waals surface area contributed by atoms with E-state index in [1.54, 1.807) is 12.4 Å². The molecular formula is C11H8ClN5. The predicted octanol–water partition coefficient (Wildman–Crippen LogP) is 2.08. The molecule has 0 bridgehead atoms. The molecule has 5 nitrogen and oxygen atoms in total. The number of fused-ring (bicyclic) bond motifs is 1. The lowest BCUT2D eigenvalue weighted by atomic mass is 10.2. The highest BCUT2D eigenvalue weighted by atomic mass is 35.5. The van der Waals surface area contributed by atoms with Gasteiger partial charge >= 0.3 is 0 Å². The van der Waals surface area contributed by atoms with Crippen molar-refractivity contribution in [2.75, 3.05) is 0 Å². The zero-order chi connectivity index (χ0) is 11.8. The van der Waals surface area contributed by atoms with E-state index in [1.165, 1.54) is 6.33 Å². The fourth-order valence-electron chi connectivity index (χ4n) is 1.75. The Morgan fingerprint density at radius 3 is 2.71 bits per heavy atom. The maximum absolute atomic E-state index is 5.93. The Hall–Kier alpha value is -2.01. The van der Waals surface area contributed by atoms with Crippen LogP contribution in [0, 0.1) is 0 Å². The quantitative estimate of drug-likeness (QED) is 0.616. The largest absolute Gasteiger partial charge is 0.335 e. The summed E-state index contributed by atoms with van der Waals surface area (Å²) in [5, 5.41) is 1.16. The van der Waals surface area contributed by atoms with Crippen LogP contribution in [0.25, 0.3) is 22.3 Å². The molecule has 0 fully saturated rings. The predicted molar refractivity (Wildman–Crippen MR) is 64.5 cm³/mol. The van der Waals surface area contributed by atoms with Crippen LogP contribution in [0.15, 0.2) is 31.0 Å². The summed E-state index contributed by atoms with van der Waals surface area (Å²) in [5.41, 5.74) is 2.37. The Balaban J connectivity index is 2.36. The molecule has 0 unspecified atom stereocenters. The number of halogens is 1. The monoisotopic (exact) mass is 245 g/mol. The van der Waals surface area contributed by atoms with E-state index in [9.17, 15) is 0 Å². The standard InChI is InChI=1S/C11H8ClN5/c1-17-3-2-8-9(7-4-13-6-14-5-7)15-11(12)16-10(8)17/h2-6H,1H3. The lowest BCUT2D eigenvalue weighted by Crippen LogP contribution is -1.94. The molecule has 3 aromatic rings. The molecule has 0 spiro atoms. The second kappa shape index (κ2) is 3.78. The SMILES string of the molecule is Cn1ccc2c(-c3cncnc3)nc(Cl)nc21. The van der Waals surface area contributed by atoms with E-state index in [4.69, 9.17) is 11.6 Å². The van der Waals surface area contributed by atoms with Crippen LogP contribution in [-0.4, -0.2) is 24.5 Å². The highest BCUT2D eigenvalue weighted by Crippen LogP contribution is 2.26. The Kier molecular flexibility index (Phi) is 2.26. The third kappa shape index (κ3) is 1.64. The van der Waals surface area contributed by atoms with E-state index < -0.39 is 0 Å². The molecule has 0 N–H and O–H groups in total. The van der Waals surface area contributed by atoms with Crippen molar-refractivity contribution in [2.24, 2.45) is 7.05 Å². The summed E-state index contributed by atoms with van der Waals surface area (Å²) in [4.78, 5) is 16.4. The lowest BCUT2D eigenvalue weighted by molar-refractivity contribution is 0.944. The maximum atomic E-state index is 5.93. The topological polar surface area (TPSA) is 56.5 Å². The Morgan fingerprint density at radius 1 is 1.18 bits per heavy atom. The molecule has 84 valence electrons. The van der Waals surface area contributed by atoms with Crippen LogP contribution in [0.5, 0.6) is 0 Å². The maximum Gasteiger partial charge on any atom is 0.224 e. The van der Waals surface area contributed by atoms with Crippen molar-refractivity contribution in [3.05, 3.63) is 36.3 Å². The molecule has 3 heterocycles. The second-order valence-electron chi connectivity index (χ2n) is 3.63. The first-order valence-electron chi connectivity index (χ1n) is 4.99. The first-order chi connectivity index (χ1) is 8.25. The van der Waals surface area contributed by atoms with Gasteiger partial charge in [-0.1, -0.05) is 0 Å². The van der Waals surface area contributed by atoms with Crippen molar-refractivity contribution in [1.82, 2.24) is 24.5 Å². The molecule has 0 aliphatic rings. The number of hydrogen-bond acceptors (Lipinski definition) is 4. The van der Waals surface area contributed by atoms with Crippen LogP contribution in [0.1, 0.15) is 0 Å². The van der Waals surface area contributed by atoms with Crippen molar-refractivity contribution in [3.63, 3.8) is 0 Å². The summed E-state index contributed by atoms with van der Waals surface area (Å²) < 4.78 is 1.90. The van der Waals surface area contributed by atoms with Gasteiger partial charge in [-0.2, -0.15) is 4.98 Å². The van der Waals surface area contributed by atoms with E-state index in [2.05, 4.69) is 19.9 Å². The molecule has 0 aromatic carbocycles. The van der Waals surface area contributed by atoms with E-state index in [1.807, 2.05) is 23.9 Å².